The van der Waals surface area contributed by atoms with Gasteiger partial charge in [0.2, 0.25) is 0 Å². The molecule has 0 aromatic heterocycles. The Hall–Kier alpha value is -3.24. The van der Waals surface area contributed by atoms with E-state index in [2.05, 4.69) is 41.7 Å². The first kappa shape index (κ1) is 18.1. The highest BCUT2D eigenvalue weighted by atomic mass is 16.2. The van der Waals surface area contributed by atoms with E-state index in [1.54, 1.807) is 24.3 Å². The van der Waals surface area contributed by atoms with Crippen LogP contribution in [-0.2, 0) is 19.5 Å². The lowest BCUT2D eigenvalue weighted by molar-refractivity contribution is 0.0642. The minimum absolute atomic E-state index is 0.216. The third-order valence-corrected chi connectivity index (χ3v) is 4.97. The molecule has 1 heterocycles. The lowest BCUT2D eigenvalue weighted by Gasteiger charge is -2.15. The number of nitrogens with one attached hydrogen (secondary N) is 1. The van der Waals surface area contributed by atoms with Gasteiger partial charge in [0.05, 0.1) is 17.7 Å². The minimum atomic E-state index is -0.216. The molecule has 1 aliphatic rings. The summed E-state index contributed by atoms with van der Waals surface area (Å²) in [6.07, 6.45) is 0.982. The van der Waals surface area contributed by atoms with Gasteiger partial charge in [-0.15, -0.1) is 0 Å². The molecule has 3 aromatic carbocycles. The lowest BCUT2D eigenvalue weighted by Crippen LogP contribution is -2.29. The number of carbonyl (C=O) groups is 2. The first-order valence-electron chi connectivity index (χ1n) is 9.50. The van der Waals surface area contributed by atoms with Crippen molar-refractivity contribution >= 4 is 11.8 Å². The second-order valence-corrected chi connectivity index (χ2v) is 6.97. The lowest BCUT2D eigenvalue weighted by atomic mass is 10.1. The normalized spacial score (nSPS) is 13.1. The monoisotopic (exact) mass is 370 g/mol. The summed E-state index contributed by atoms with van der Waals surface area (Å²) >= 11 is 0. The molecule has 28 heavy (non-hydrogen) atoms. The number of fused-ring (bicyclic) bond motifs is 1. The number of benzene rings is 3. The Bertz CT molecular complexity index is 963. The first-order chi connectivity index (χ1) is 13.7. The summed E-state index contributed by atoms with van der Waals surface area (Å²) in [6, 6.07) is 25.4. The Morgan fingerprint density at radius 2 is 1.29 bits per heavy atom. The zero-order chi connectivity index (χ0) is 19.3. The van der Waals surface area contributed by atoms with E-state index in [0.29, 0.717) is 17.7 Å². The summed E-state index contributed by atoms with van der Waals surface area (Å²) in [4.78, 5) is 26.4. The van der Waals surface area contributed by atoms with E-state index < -0.39 is 0 Å². The Morgan fingerprint density at radius 3 is 2.00 bits per heavy atom. The maximum Gasteiger partial charge on any atom is 0.261 e. The molecular formula is C24H22N2O2. The second-order valence-electron chi connectivity index (χ2n) is 6.97. The summed E-state index contributed by atoms with van der Waals surface area (Å²) in [7, 11) is 0. The first-order valence-corrected chi connectivity index (χ1v) is 9.50. The van der Waals surface area contributed by atoms with Crippen LogP contribution in [0.5, 0.6) is 0 Å². The summed E-state index contributed by atoms with van der Waals surface area (Å²) in [5.41, 5.74) is 4.39. The van der Waals surface area contributed by atoms with Crippen LogP contribution in [0, 0.1) is 0 Å². The average molecular weight is 370 g/mol. The number of carbonyl (C=O) groups excluding carboxylic acids is 2. The van der Waals surface area contributed by atoms with E-state index in [9.17, 15) is 9.59 Å². The van der Waals surface area contributed by atoms with Gasteiger partial charge in [0.15, 0.2) is 0 Å². The van der Waals surface area contributed by atoms with Crippen LogP contribution in [0.2, 0.25) is 0 Å². The molecule has 4 heteroatoms. The van der Waals surface area contributed by atoms with Crippen molar-refractivity contribution < 1.29 is 9.59 Å². The SMILES string of the molecule is O=C1c2ccccc2C(=O)N1Cc1cccc(CNCCc2ccccc2)c1. The Balaban J connectivity index is 1.35. The molecule has 0 saturated heterocycles. The molecular weight excluding hydrogens is 348 g/mol. The van der Waals surface area contributed by atoms with Crippen molar-refractivity contribution in [3.8, 4) is 0 Å². The van der Waals surface area contributed by atoms with Gasteiger partial charge in [-0.25, -0.2) is 0 Å². The van der Waals surface area contributed by atoms with E-state index in [4.69, 9.17) is 0 Å². The Morgan fingerprint density at radius 1 is 0.679 bits per heavy atom. The minimum Gasteiger partial charge on any atom is -0.312 e. The van der Waals surface area contributed by atoms with Crippen molar-refractivity contribution in [3.63, 3.8) is 0 Å². The zero-order valence-corrected chi connectivity index (χ0v) is 15.6. The van der Waals surface area contributed by atoms with E-state index in [0.717, 1.165) is 30.6 Å². The van der Waals surface area contributed by atoms with E-state index in [1.807, 2.05) is 18.2 Å². The number of amides is 2. The molecule has 0 unspecified atom stereocenters. The molecule has 4 nitrogen and oxygen atoms in total. The Kier molecular flexibility index (Phi) is 5.31. The van der Waals surface area contributed by atoms with Crippen molar-refractivity contribution in [2.45, 2.75) is 19.5 Å². The number of imide groups is 1. The quantitative estimate of drug-likeness (QED) is 0.508. The fourth-order valence-electron chi connectivity index (χ4n) is 3.51. The summed E-state index contributed by atoms with van der Waals surface area (Å²) in [5.74, 6) is -0.432. The van der Waals surface area contributed by atoms with Crippen LogP contribution in [-0.4, -0.2) is 23.3 Å². The van der Waals surface area contributed by atoms with E-state index in [-0.39, 0.29) is 11.8 Å². The van der Waals surface area contributed by atoms with Gasteiger partial charge < -0.3 is 5.32 Å². The smallest absolute Gasteiger partial charge is 0.261 e. The molecule has 0 radical (unpaired) electrons. The van der Waals surface area contributed by atoms with Crippen molar-refractivity contribution in [2.75, 3.05) is 6.54 Å². The van der Waals surface area contributed by atoms with E-state index in [1.165, 1.54) is 10.5 Å². The maximum atomic E-state index is 12.5. The van der Waals surface area contributed by atoms with Crippen molar-refractivity contribution in [3.05, 3.63) is 107 Å². The number of hydrogen-bond acceptors (Lipinski definition) is 3. The molecule has 0 aliphatic carbocycles. The van der Waals surface area contributed by atoms with Gasteiger partial charge in [-0.1, -0.05) is 66.7 Å². The molecule has 0 spiro atoms. The molecule has 3 aromatic rings. The van der Waals surface area contributed by atoms with Gasteiger partial charge in [0.25, 0.3) is 11.8 Å². The van der Waals surface area contributed by atoms with Crippen molar-refractivity contribution in [1.82, 2.24) is 10.2 Å². The molecule has 4 rings (SSSR count). The van der Waals surface area contributed by atoms with E-state index >= 15 is 0 Å². The third kappa shape index (κ3) is 3.87. The highest BCUT2D eigenvalue weighted by molar-refractivity contribution is 6.21. The molecule has 0 atom stereocenters. The van der Waals surface area contributed by atoms with Gasteiger partial charge in [-0.2, -0.15) is 0 Å². The fourth-order valence-corrected chi connectivity index (χ4v) is 3.51. The standard InChI is InChI=1S/C24H22N2O2/c27-23-21-11-4-5-12-22(21)24(28)26(23)17-20-10-6-9-19(15-20)16-25-14-13-18-7-2-1-3-8-18/h1-12,15,25H,13-14,16-17H2. The van der Waals surface area contributed by atoms with Gasteiger partial charge in [0, 0.05) is 6.54 Å². The Labute approximate surface area is 164 Å². The molecule has 2 amide bonds. The molecule has 1 aliphatic heterocycles. The topological polar surface area (TPSA) is 49.4 Å². The largest absolute Gasteiger partial charge is 0.312 e. The van der Waals surface area contributed by atoms with Gasteiger partial charge in [-0.05, 0) is 41.8 Å². The van der Waals surface area contributed by atoms with Crippen LogP contribution in [0.25, 0.3) is 0 Å². The van der Waals surface area contributed by atoms with Gasteiger partial charge in [0.1, 0.15) is 0 Å². The van der Waals surface area contributed by atoms with Crippen LogP contribution in [0.3, 0.4) is 0 Å². The summed E-state index contributed by atoms with van der Waals surface area (Å²) < 4.78 is 0. The molecule has 140 valence electrons. The highest BCUT2D eigenvalue weighted by Gasteiger charge is 2.34. The van der Waals surface area contributed by atoms with Gasteiger partial charge >= 0.3 is 0 Å². The molecule has 0 fully saturated rings. The number of nitrogens with zero attached hydrogens (tertiary/aromatic N) is 1. The average Bonchev–Trinajstić information content (AvgIpc) is 2.98. The summed E-state index contributed by atoms with van der Waals surface area (Å²) in [5, 5.41) is 3.46. The number of hydrogen-bond donors (Lipinski definition) is 1. The van der Waals surface area contributed by atoms with Crippen LogP contribution in [0.15, 0.2) is 78.9 Å². The fraction of sp³-hybridized carbons (Fsp3) is 0.167. The predicted molar refractivity (Wildman–Crippen MR) is 109 cm³/mol. The number of rotatable bonds is 7. The third-order valence-electron chi connectivity index (χ3n) is 4.97. The van der Waals surface area contributed by atoms with Crippen LogP contribution in [0.4, 0.5) is 0 Å². The predicted octanol–water partition coefficient (Wildman–Crippen LogP) is 3.82. The van der Waals surface area contributed by atoms with Gasteiger partial charge in [-0.3, -0.25) is 14.5 Å². The second kappa shape index (κ2) is 8.19. The molecule has 0 bridgehead atoms. The van der Waals surface area contributed by atoms with Crippen molar-refractivity contribution in [2.24, 2.45) is 0 Å². The molecule has 1 N–H and O–H groups in total. The van der Waals surface area contributed by atoms with Crippen LogP contribution in [0.1, 0.15) is 37.4 Å². The van der Waals surface area contributed by atoms with Crippen LogP contribution >= 0.6 is 0 Å². The molecule has 0 saturated carbocycles. The maximum absolute atomic E-state index is 12.5. The highest BCUT2D eigenvalue weighted by Crippen LogP contribution is 2.24. The zero-order valence-electron chi connectivity index (χ0n) is 15.6. The summed E-state index contributed by atoms with van der Waals surface area (Å²) in [6.45, 7) is 1.94. The van der Waals surface area contributed by atoms with Crippen LogP contribution < -0.4 is 5.32 Å². The van der Waals surface area contributed by atoms with Crippen molar-refractivity contribution in [1.29, 1.82) is 0 Å².